The number of hydrogen-bond acceptors (Lipinski definition) is 5. The summed E-state index contributed by atoms with van der Waals surface area (Å²) >= 11 is 0. The van der Waals surface area contributed by atoms with Crippen molar-refractivity contribution < 1.29 is 24.5 Å². The van der Waals surface area contributed by atoms with E-state index in [2.05, 4.69) is 43.5 Å². The monoisotopic (exact) mass is 1060 g/mol. The van der Waals surface area contributed by atoms with Crippen LogP contribution in [0.25, 0.3) is 0 Å². The van der Waals surface area contributed by atoms with Gasteiger partial charge < -0.3 is 20.3 Å². The molecule has 0 bridgehead atoms. The van der Waals surface area contributed by atoms with Crippen LogP contribution in [0.2, 0.25) is 0 Å². The van der Waals surface area contributed by atoms with Crippen molar-refractivity contribution in [2.24, 2.45) is 0 Å². The van der Waals surface area contributed by atoms with Gasteiger partial charge in [-0.15, -0.1) is 0 Å². The number of hydrogen-bond donors (Lipinski definition) is 3. The zero-order valence-corrected chi connectivity index (χ0v) is 50.8. The zero-order valence-electron chi connectivity index (χ0n) is 50.8. The summed E-state index contributed by atoms with van der Waals surface area (Å²) in [7, 11) is 0. The molecule has 0 fully saturated rings. The number of unbranched alkanes of at least 4 members (excludes halogenated alkanes) is 49. The summed E-state index contributed by atoms with van der Waals surface area (Å²) in [5.41, 5.74) is 0. The first kappa shape index (κ1) is 73.3. The number of allylic oxidation sites excluding steroid dienone is 4. The molecule has 444 valence electrons. The van der Waals surface area contributed by atoms with Crippen molar-refractivity contribution in [3.05, 3.63) is 24.3 Å². The molecule has 2 unspecified atom stereocenters. The van der Waals surface area contributed by atoms with Gasteiger partial charge in [0.25, 0.3) is 0 Å². The largest absolute Gasteiger partial charge is 0.466 e. The highest BCUT2D eigenvalue weighted by Crippen LogP contribution is 2.18. The summed E-state index contributed by atoms with van der Waals surface area (Å²) in [5, 5.41) is 23.3. The molecule has 1 amide bonds. The van der Waals surface area contributed by atoms with Crippen LogP contribution in [0.5, 0.6) is 0 Å². The summed E-state index contributed by atoms with van der Waals surface area (Å²) in [6.07, 6.45) is 80.7. The fourth-order valence-electron chi connectivity index (χ4n) is 10.7. The minimum Gasteiger partial charge on any atom is -0.466 e. The molecule has 0 radical (unpaired) electrons. The third-order valence-corrected chi connectivity index (χ3v) is 16.0. The second-order valence-electron chi connectivity index (χ2n) is 23.5. The van der Waals surface area contributed by atoms with Crippen LogP contribution in [0, 0.1) is 0 Å². The number of ether oxygens (including phenoxy) is 1. The van der Waals surface area contributed by atoms with Gasteiger partial charge in [-0.2, -0.15) is 0 Å². The Morgan fingerprint density at radius 1 is 0.360 bits per heavy atom. The molecule has 0 aliphatic heterocycles. The van der Waals surface area contributed by atoms with E-state index in [0.29, 0.717) is 25.9 Å². The Balaban J connectivity index is 3.39. The lowest BCUT2D eigenvalue weighted by atomic mass is 10.0. The van der Waals surface area contributed by atoms with E-state index in [1.165, 1.54) is 302 Å². The number of aliphatic hydroxyl groups is 2. The van der Waals surface area contributed by atoms with Crippen molar-refractivity contribution >= 4 is 11.9 Å². The van der Waals surface area contributed by atoms with Gasteiger partial charge in [0.2, 0.25) is 5.91 Å². The van der Waals surface area contributed by atoms with Crippen LogP contribution >= 0.6 is 0 Å². The van der Waals surface area contributed by atoms with Crippen LogP contribution in [0.4, 0.5) is 0 Å². The number of nitrogens with one attached hydrogen (secondary N) is 1. The Labute approximate surface area is 469 Å². The Morgan fingerprint density at radius 3 is 0.947 bits per heavy atom. The normalized spacial score (nSPS) is 12.6. The highest BCUT2D eigenvalue weighted by Gasteiger charge is 2.20. The quantitative estimate of drug-likeness (QED) is 0.0320. The molecule has 0 saturated carbocycles. The third-order valence-electron chi connectivity index (χ3n) is 16.0. The van der Waals surface area contributed by atoms with E-state index < -0.39 is 12.1 Å². The van der Waals surface area contributed by atoms with Gasteiger partial charge in [0, 0.05) is 12.8 Å². The molecule has 0 aliphatic carbocycles. The number of carbonyl (C=O) groups excluding carboxylic acids is 2. The van der Waals surface area contributed by atoms with Gasteiger partial charge in [0.1, 0.15) is 0 Å². The predicted octanol–water partition coefficient (Wildman–Crippen LogP) is 21.8. The van der Waals surface area contributed by atoms with Crippen molar-refractivity contribution in [2.75, 3.05) is 13.2 Å². The van der Waals surface area contributed by atoms with E-state index in [-0.39, 0.29) is 18.5 Å². The molecular formula is C69H133NO5. The maximum absolute atomic E-state index is 12.5. The third kappa shape index (κ3) is 61.4. The molecule has 0 saturated heterocycles. The van der Waals surface area contributed by atoms with Crippen LogP contribution in [0.1, 0.15) is 380 Å². The van der Waals surface area contributed by atoms with E-state index in [1.54, 1.807) is 0 Å². The van der Waals surface area contributed by atoms with Crippen LogP contribution in [-0.2, 0) is 14.3 Å². The molecule has 6 heteroatoms. The van der Waals surface area contributed by atoms with E-state index >= 15 is 0 Å². The Hall–Kier alpha value is -1.66. The Kier molecular flexibility index (Phi) is 63.4. The van der Waals surface area contributed by atoms with Gasteiger partial charge in [0.05, 0.1) is 25.4 Å². The van der Waals surface area contributed by atoms with Crippen LogP contribution < -0.4 is 5.32 Å². The van der Waals surface area contributed by atoms with Gasteiger partial charge in [0.15, 0.2) is 0 Å². The molecule has 3 N–H and O–H groups in total. The number of esters is 1. The molecule has 75 heavy (non-hydrogen) atoms. The lowest BCUT2D eigenvalue weighted by molar-refractivity contribution is -0.143. The van der Waals surface area contributed by atoms with Gasteiger partial charge in [-0.05, 0) is 77.0 Å². The number of rotatable bonds is 64. The van der Waals surface area contributed by atoms with E-state index in [9.17, 15) is 19.8 Å². The van der Waals surface area contributed by atoms with Crippen molar-refractivity contribution in [3.8, 4) is 0 Å². The number of aliphatic hydroxyl groups excluding tert-OH is 2. The average molecular weight is 1060 g/mol. The van der Waals surface area contributed by atoms with Gasteiger partial charge in [-0.3, -0.25) is 9.59 Å². The predicted molar refractivity (Wildman–Crippen MR) is 329 cm³/mol. The second kappa shape index (κ2) is 64.9. The van der Waals surface area contributed by atoms with Crippen molar-refractivity contribution in [3.63, 3.8) is 0 Å². The smallest absolute Gasteiger partial charge is 0.305 e. The first-order valence-electron chi connectivity index (χ1n) is 34.1. The van der Waals surface area contributed by atoms with Crippen LogP contribution in [0.15, 0.2) is 24.3 Å². The molecule has 2 atom stereocenters. The summed E-state index contributed by atoms with van der Waals surface area (Å²) in [6, 6.07) is -0.545. The molecular weight excluding hydrogens is 923 g/mol. The summed E-state index contributed by atoms with van der Waals surface area (Å²) in [5.74, 6) is -0.0264. The number of amides is 1. The van der Waals surface area contributed by atoms with E-state index in [0.717, 1.165) is 44.9 Å². The highest BCUT2D eigenvalue weighted by atomic mass is 16.5. The first-order valence-corrected chi connectivity index (χ1v) is 34.1. The minimum absolute atomic E-state index is 0.0104. The maximum Gasteiger partial charge on any atom is 0.305 e. The molecule has 0 aromatic heterocycles. The lowest BCUT2D eigenvalue weighted by Crippen LogP contribution is -2.45. The lowest BCUT2D eigenvalue weighted by Gasteiger charge is -2.22. The van der Waals surface area contributed by atoms with Gasteiger partial charge >= 0.3 is 5.97 Å². The van der Waals surface area contributed by atoms with Gasteiger partial charge in [-0.25, -0.2) is 0 Å². The highest BCUT2D eigenvalue weighted by molar-refractivity contribution is 5.76. The van der Waals surface area contributed by atoms with Crippen molar-refractivity contribution in [2.45, 2.75) is 392 Å². The molecule has 6 nitrogen and oxygen atoms in total. The van der Waals surface area contributed by atoms with E-state index in [1.807, 2.05) is 0 Å². The molecule has 0 rings (SSSR count). The summed E-state index contributed by atoms with van der Waals surface area (Å²) in [6.45, 7) is 4.98. The Bertz CT molecular complexity index is 1170. The van der Waals surface area contributed by atoms with Crippen LogP contribution in [-0.4, -0.2) is 47.4 Å². The van der Waals surface area contributed by atoms with Gasteiger partial charge in [-0.1, -0.05) is 314 Å². The summed E-state index contributed by atoms with van der Waals surface area (Å²) in [4.78, 5) is 24.6. The van der Waals surface area contributed by atoms with Crippen LogP contribution in [0.3, 0.4) is 0 Å². The molecule has 0 aromatic carbocycles. The number of carbonyl (C=O) groups is 2. The molecule has 0 spiro atoms. The maximum atomic E-state index is 12.5. The Morgan fingerprint density at radius 2 is 0.627 bits per heavy atom. The molecule has 0 aliphatic rings. The zero-order chi connectivity index (χ0) is 54.3. The van der Waals surface area contributed by atoms with Crippen molar-refractivity contribution in [1.82, 2.24) is 5.32 Å². The second-order valence-corrected chi connectivity index (χ2v) is 23.5. The topological polar surface area (TPSA) is 95.9 Å². The summed E-state index contributed by atoms with van der Waals surface area (Å²) < 4.78 is 5.50. The fourth-order valence-corrected chi connectivity index (χ4v) is 10.7. The SMILES string of the molecule is CCCCCCCCC/C=C\CCCCCCCCCC(=O)OCCCCCCCCCCCCCC/C=C\CCCCCCCCCCC(=O)NC(CO)C(O)CCCCCCCCCCCCCCCCCC. The van der Waals surface area contributed by atoms with Crippen molar-refractivity contribution in [1.29, 1.82) is 0 Å². The molecule has 0 heterocycles. The van der Waals surface area contributed by atoms with E-state index in [4.69, 9.17) is 4.74 Å². The average Bonchev–Trinajstić information content (AvgIpc) is 3.41. The minimum atomic E-state index is -0.667. The fraction of sp³-hybridized carbons (Fsp3) is 0.913. The first-order chi connectivity index (χ1) is 37.0. The standard InChI is InChI=1S/C69H133NO5/c1-3-5-7-9-11-13-15-17-19-21-31-35-39-43-47-51-55-59-63-69(74)75-64-60-56-52-48-44-40-36-32-29-27-25-23-22-24-26-28-30-34-38-42-46-50-54-58-62-68(73)70-66(65-71)67(72)61-57-53-49-45-41-37-33-20-18-16-14-12-10-8-6-4-2/h19,21,24,26,66-67,71-72H,3-18,20,22-23,25,27-65H2,1-2H3,(H,70,73)/b21-19-,26-24-. The molecule has 0 aromatic rings.